The first kappa shape index (κ1) is 48.6. The maximum absolute atomic E-state index is 13.8. The smallest absolute Gasteiger partial charge is 0.276 e. The van der Waals surface area contributed by atoms with Crippen LogP contribution in [0, 0.1) is 13.8 Å². The summed E-state index contributed by atoms with van der Waals surface area (Å²) in [7, 11) is 3.06. The lowest BCUT2D eigenvalue weighted by molar-refractivity contribution is -0.134. The van der Waals surface area contributed by atoms with Gasteiger partial charge in [0.2, 0.25) is 35.5 Å². The lowest BCUT2D eigenvalue weighted by atomic mass is 10.1. The molecule has 0 radical (unpaired) electrons. The van der Waals surface area contributed by atoms with Gasteiger partial charge in [0, 0.05) is 76.1 Å². The minimum absolute atomic E-state index is 0.00494. The van der Waals surface area contributed by atoms with Gasteiger partial charge in [-0.2, -0.15) is 10.2 Å². The number of fused-ring (bicyclic) bond motifs is 2. The summed E-state index contributed by atoms with van der Waals surface area (Å²) in [5.41, 5.74) is 15.0. The van der Waals surface area contributed by atoms with E-state index in [-0.39, 0.29) is 91.1 Å². The van der Waals surface area contributed by atoms with E-state index < -0.39 is 29.9 Å². The monoisotopic (exact) mass is 946 g/mol. The van der Waals surface area contributed by atoms with Crippen LogP contribution in [0.25, 0.3) is 22.1 Å². The first-order valence-electron chi connectivity index (χ1n) is 22.1. The van der Waals surface area contributed by atoms with Crippen LogP contribution in [0.2, 0.25) is 0 Å². The predicted molar refractivity (Wildman–Crippen MR) is 253 cm³/mol. The number of anilines is 2. The number of nitrogens with one attached hydrogen (secondary N) is 2. The minimum Gasteiger partial charge on any atom is -0.494 e. The SMILES string of the molecule is CCn1cc(C(=O)Nc2nc3cc(C(N)=O)cc(OCCCN(C)C(=O)CCN4C(=O)C=CC4O)c3n2C/C=C/Cn2c(NC(=O)c3cc(C)nn3CC)nc3cc(C(N)=O)cc(OC)c32)c(C)n1. The van der Waals surface area contributed by atoms with Crippen molar-refractivity contribution >= 4 is 69.4 Å². The number of carbonyl (C=O) groups is 6. The Morgan fingerprint density at radius 2 is 1.46 bits per heavy atom. The Morgan fingerprint density at radius 3 is 2.01 bits per heavy atom. The Morgan fingerprint density at radius 1 is 0.855 bits per heavy atom. The number of nitrogens with two attached hydrogens (primary N) is 2. The zero-order valence-electron chi connectivity index (χ0n) is 39.1. The molecule has 0 saturated heterocycles. The highest BCUT2D eigenvalue weighted by Crippen LogP contribution is 2.33. The van der Waals surface area contributed by atoms with Crippen molar-refractivity contribution in [1.29, 1.82) is 0 Å². The van der Waals surface area contributed by atoms with Crippen LogP contribution >= 0.6 is 0 Å². The standard InChI is InChI=1S/C46H54N14O9/c1-7-56-25-30(27(4)54-56)43(66)51-45-50-32-22-29(42(48)65)24-35(69-19-11-15-55(5)36(61)14-18-57-37(62)12-13-38(57)63)40(32)59(45)17-10-9-16-58-39-31(21-28(41(47)64)23-34(39)68-6)49-46(58)52-44(67)33-20-26(3)53-60(33)8-2/h9-10,12-13,20-25,37,62H,7-8,11,14-19H2,1-6H3,(H2,47,64)(H2,48,65)(H,49,52,67)(H,50,51,66)/b10-9+. The van der Waals surface area contributed by atoms with Gasteiger partial charge in [0.15, 0.2) is 0 Å². The number of ether oxygens (including phenoxy) is 2. The summed E-state index contributed by atoms with van der Waals surface area (Å²) in [6, 6.07) is 7.65. The third kappa shape index (κ3) is 10.5. The highest BCUT2D eigenvalue weighted by molar-refractivity contribution is 6.06. The second-order valence-corrected chi connectivity index (χ2v) is 16.1. The summed E-state index contributed by atoms with van der Waals surface area (Å²) >= 11 is 0. The lowest BCUT2D eigenvalue weighted by Gasteiger charge is -2.22. The van der Waals surface area contributed by atoms with E-state index in [1.165, 1.54) is 53.3 Å². The number of benzene rings is 2. The normalized spacial score (nSPS) is 13.5. The van der Waals surface area contributed by atoms with Crippen LogP contribution in [-0.2, 0) is 35.8 Å². The van der Waals surface area contributed by atoms with Gasteiger partial charge in [0.05, 0.1) is 41.7 Å². The molecule has 6 amide bonds. The van der Waals surface area contributed by atoms with E-state index in [1.807, 2.05) is 13.8 Å². The van der Waals surface area contributed by atoms with Crippen molar-refractivity contribution < 1.29 is 43.3 Å². The first-order chi connectivity index (χ1) is 33.0. The Kier molecular flexibility index (Phi) is 14.6. The average molecular weight is 947 g/mol. The van der Waals surface area contributed by atoms with Gasteiger partial charge in [0.1, 0.15) is 34.5 Å². The number of rotatable bonds is 21. The molecule has 1 unspecified atom stereocenters. The molecule has 2 aromatic carbocycles. The van der Waals surface area contributed by atoms with Crippen molar-refractivity contribution in [2.24, 2.45) is 11.5 Å². The molecule has 4 aromatic heterocycles. The van der Waals surface area contributed by atoms with Gasteiger partial charge in [-0.1, -0.05) is 12.2 Å². The molecule has 6 aromatic rings. The highest BCUT2D eigenvalue weighted by atomic mass is 16.5. The number of hydrogen-bond acceptors (Lipinski definition) is 13. The third-order valence-electron chi connectivity index (χ3n) is 11.4. The molecule has 0 bridgehead atoms. The van der Waals surface area contributed by atoms with E-state index in [4.69, 9.17) is 25.9 Å². The zero-order chi connectivity index (χ0) is 49.7. The number of allylic oxidation sites excluding steroid dienone is 2. The Hall–Kier alpha value is -8.34. The van der Waals surface area contributed by atoms with Crippen LogP contribution < -0.4 is 31.6 Å². The van der Waals surface area contributed by atoms with Gasteiger partial charge in [-0.05, 0) is 70.5 Å². The number of hydrogen-bond donors (Lipinski definition) is 5. The number of methoxy groups -OCH3 is 1. The Balaban J connectivity index is 1.20. The molecule has 0 aliphatic carbocycles. The number of aliphatic hydroxyl groups excluding tert-OH is 1. The largest absolute Gasteiger partial charge is 0.494 e. The van der Waals surface area contributed by atoms with Crippen molar-refractivity contribution in [2.75, 3.05) is 44.5 Å². The molecule has 7 N–H and O–H groups in total. The van der Waals surface area contributed by atoms with Crippen LogP contribution in [-0.4, -0.2) is 129 Å². The van der Waals surface area contributed by atoms with Crippen LogP contribution in [0.15, 0.2) is 60.8 Å². The molecule has 23 heteroatoms. The second-order valence-electron chi connectivity index (χ2n) is 16.1. The number of imidazole rings is 2. The number of amides is 6. The van der Waals surface area contributed by atoms with Gasteiger partial charge in [0.25, 0.3) is 11.8 Å². The molecule has 1 aliphatic heterocycles. The Bertz CT molecular complexity index is 3050. The number of carbonyl (C=O) groups excluding carboxylic acids is 6. The summed E-state index contributed by atoms with van der Waals surface area (Å²) in [5.74, 6) is -2.23. The summed E-state index contributed by atoms with van der Waals surface area (Å²) in [4.78, 5) is 89.5. The lowest BCUT2D eigenvalue weighted by Crippen LogP contribution is -2.38. The molecular formula is C46H54N14O9. The number of primary amides is 2. The molecule has 69 heavy (non-hydrogen) atoms. The topological polar surface area (TPSA) is 295 Å². The number of aliphatic hydroxyl groups is 1. The van der Waals surface area contributed by atoms with Crippen LogP contribution in [0.4, 0.5) is 11.9 Å². The van der Waals surface area contributed by atoms with Gasteiger partial charge in [-0.15, -0.1) is 0 Å². The fourth-order valence-corrected chi connectivity index (χ4v) is 7.88. The quantitative estimate of drug-likeness (QED) is 0.0513. The van der Waals surface area contributed by atoms with Crippen molar-refractivity contribution in [2.45, 2.75) is 72.9 Å². The van der Waals surface area contributed by atoms with E-state index in [0.29, 0.717) is 58.7 Å². The van der Waals surface area contributed by atoms with Crippen molar-refractivity contribution in [3.63, 3.8) is 0 Å². The van der Waals surface area contributed by atoms with E-state index in [1.54, 1.807) is 63.8 Å². The van der Waals surface area contributed by atoms with E-state index >= 15 is 0 Å². The zero-order valence-corrected chi connectivity index (χ0v) is 39.1. The maximum atomic E-state index is 13.8. The second kappa shape index (κ2) is 20.7. The molecule has 362 valence electrons. The molecule has 0 fully saturated rings. The minimum atomic E-state index is -1.07. The molecule has 7 rings (SSSR count). The molecule has 1 aliphatic rings. The molecular weight excluding hydrogens is 893 g/mol. The van der Waals surface area contributed by atoms with Gasteiger partial charge in [-0.25, -0.2) is 9.97 Å². The molecule has 0 saturated carbocycles. The van der Waals surface area contributed by atoms with Crippen LogP contribution in [0.3, 0.4) is 0 Å². The Labute approximate surface area is 395 Å². The maximum Gasteiger partial charge on any atom is 0.276 e. The van der Waals surface area contributed by atoms with E-state index in [9.17, 15) is 33.9 Å². The van der Waals surface area contributed by atoms with Crippen molar-refractivity contribution in [3.8, 4) is 11.5 Å². The van der Waals surface area contributed by atoms with Gasteiger partial charge < -0.3 is 45.0 Å². The summed E-state index contributed by atoms with van der Waals surface area (Å²) in [6.45, 7) is 8.87. The number of aromatic nitrogens is 8. The molecule has 23 nitrogen and oxygen atoms in total. The fraction of sp³-hybridized carbons (Fsp3) is 0.348. The van der Waals surface area contributed by atoms with Crippen LogP contribution in [0.5, 0.6) is 11.5 Å². The summed E-state index contributed by atoms with van der Waals surface area (Å²) in [6.07, 6.45) is 7.14. The van der Waals surface area contributed by atoms with Gasteiger partial charge >= 0.3 is 0 Å². The molecule has 0 spiro atoms. The molecule has 5 heterocycles. The van der Waals surface area contributed by atoms with Crippen molar-refractivity contribution in [1.82, 2.24) is 48.5 Å². The molecule has 1 atom stereocenters. The average Bonchev–Trinajstić information content (AvgIpc) is 4.14. The van der Waals surface area contributed by atoms with E-state index in [2.05, 4.69) is 25.8 Å². The van der Waals surface area contributed by atoms with Crippen LogP contribution in [0.1, 0.15) is 79.6 Å². The van der Waals surface area contributed by atoms with Crippen molar-refractivity contribution in [3.05, 3.63) is 94.6 Å². The number of nitrogens with zero attached hydrogens (tertiary/aromatic N) is 10. The number of aryl methyl sites for hydroxylation is 4. The third-order valence-corrected chi connectivity index (χ3v) is 11.4. The van der Waals surface area contributed by atoms with E-state index in [0.717, 1.165) is 0 Å². The summed E-state index contributed by atoms with van der Waals surface area (Å²) in [5, 5.41) is 24.6. The predicted octanol–water partition coefficient (Wildman–Crippen LogP) is 2.74. The summed E-state index contributed by atoms with van der Waals surface area (Å²) < 4.78 is 18.6. The van der Waals surface area contributed by atoms with Gasteiger partial charge in [-0.3, -0.25) is 48.8 Å². The first-order valence-corrected chi connectivity index (χ1v) is 22.1. The highest BCUT2D eigenvalue weighted by Gasteiger charge is 2.26. The fourth-order valence-electron chi connectivity index (χ4n) is 7.88.